The van der Waals surface area contributed by atoms with E-state index in [2.05, 4.69) is 4.98 Å². The Morgan fingerprint density at radius 2 is 1.89 bits per heavy atom. The zero-order valence-electron chi connectivity index (χ0n) is 14.9. The van der Waals surface area contributed by atoms with Crippen molar-refractivity contribution in [1.29, 1.82) is 0 Å². The van der Waals surface area contributed by atoms with Gasteiger partial charge in [0.25, 0.3) is 5.91 Å². The fraction of sp³-hybridized carbons (Fsp3) is 0.318. The largest absolute Gasteiger partial charge is 0.487 e. The second-order valence-corrected chi connectivity index (χ2v) is 7.57. The summed E-state index contributed by atoms with van der Waals surface area (Å²) >= 11 is 0. The summed E-state index contributed by atoms with van der Waals surface area (Å²) in [5, 5.41) is 1.04. The van der Waals surface area contributed by atoms with Gasteiger partial charge >= 0.3 is 0 Å². The third-order valence-corrected chi connectivity index (χ3v) is 5.95. The van der Waals surface area contributed by atoms with Gasteiger partial charge in [-0.25, -0.2) is 4.39 Å². The third-order valence-electron chi connectivity index (χ3n) is 5.95. The van der Waals surface area contributed by atoms with E-state index >= 15 is 0 Å². The van der Waals surface area contributed by atoms with Gasteiger partial charge in [-0.2, -0.15) is 0 Å². The minimum Gasteiger partial charge on any atom is -0.487 e. The number of rotatable bonds is 3. The Kier molecular flexibility index (Phi) is 3.88. The number of ether oxygens (including phenoxy) is 1. The first-order chi connectivity index (χ1) is 13.2. The molecule has 2 heterocycles. The van der Waals surface area contributed by atoms with Gasteiger partial charge in [-0.1, -0.05) is 30.3 Å². The lowest BCUT2D eigenvalue weighted by molar-refractivity contribution is 0.0756. The Balaban J connectivity index is 1.31. The summed E-state index contributed by atoms with van der Waals surface area (Å²) < 4.78 is 19.9. The average Bonchev–Trinajstić information content (AvgIpc) is 3.37. The number of hydrogen-bond acceptors (Lipinski definition) is 2. The molecule has 1 aliphatic carbocycles. The lowest BCUT2D eigenvalue weighted by Crippen LogP contribution is -2.32. The molecule has 3 atom stereocenters. The minimum absolute atomic E-state index is 0.0326. The first-order valence-electron chi connectivity index (χ1n) is 9.47. The summed E-state index contributed by atoms with van der Waals surface area (Å²) in [4.78, 5) is 18.1. The Labute approximate surface area is 156 Å². The van der Waals surface area contributed by atoms with Crippen molar-refractivity contribution in [3.05, 3.63) is 66.1 Å². The molecule has 1 aliphatic heterocycles. The summed E-state index contributed by atoms with van der Waals surface area (Å²) in [7, 11) is 0. The summed E-state index contributed by atoms with van der Waals surface area (Å²) in [5.41, 5.74) is 1.60. The number of carbonyl (C=O) groups is 1. The second kappa shape index (κ2) is 6.41. The van der Waals surface area contributed by atoms with Crippen molar-refractivity contribution in [2.75, 3.05) is 13.1 Å². The van der Waals surface area contributed by atoms with Crippen LogP contribution >= 0.6 is 0 Å². The van der Waals surface area contributed by atoms with Gasteiger partial charge in [-0.3, -0.25) is 4.79 Å². The van der Waals surface area contributed by atoms with Gasteiger partial charge in [-0.05, 0) is 43.0 Å². The van der Waals surface area contributed by atoms with Crippen LogP contribution in [0.2, 0.25) is 0 Å². The Hall–Kier alpha value is -2.82. The number of hydrogen-bond donors (Lipinski definition) is 1. The predicted molar refractivity (Wildman–Crippen MR) is 101 cm³/mol. The number of nitrogens with one attached hydrogen (secondary N) is 1. The molecule has 0 spiro atoms. The lowest BCUT2D eigenvalue weighted by atomic mass is 9.99. The zero-order valence-corrected chi connectivity index (χ0v) is 14.9. The number of likely N-dealkylation sites (tertiary alicyclic amines) is 1. The van der Waals surface area contributed by atoms with E-state index < -0.39 is 0 Å². The molecule has 1 saturated carbocycles. The summed E-state index contributed by atoms with van der Waals surface area (Å²) in [6.07, 6.45) is 1.89. The van der Waals surface area contributed by atoms with Gasteiger partial charge in [0.2, 0.25) is 0 Å². The van der Waals surface area contributed by atoms with E-state index in [1.807, 2.05) is 35.2 Å². The smallest absolute Gasteiger partial charge is 0.270 e. The molecule has 0 bridgehead atoms. The maximum absolute atomic E-state index is 13.9. The van der Waals surface area contributed by atoms with Gasteiger partial charge in [0.05, 0.1) is 0 Å². The number of halogens is 1. The van der Waals surface area contributed by atoms with Crippen LogP contribution in [0.1, 0.15) is 23.3 Å². The molecule has 138 valence electrons. The lowest BCUT2D eigenvalue weighted by Gasteiger charge is -2.22. The Morgan fingerprint density at radius 3 is 2.74 bits per heavy atom. The van der Waals surface area contributed by atoms with E-state index in [0.717, 1.165) is 30.3 Å². The molecule has 2 fully saturated rings. The normalized spacial score (nSPS) is 24.3. The molecule has 5 rings (SSSR count). The highest BCUT2D eigenvalue weighted by atomic mass is 19.1. The topological polar surface area (TPSA) is 45.3 Å². The SMILES string of the molecule is O=C(c1cc2ccccc2[nH]1)N1C[C@@H]2CC[C@H](Oc3ccccc3F)[C@@H]2C1. The quantitative estimate of drug-likeness (QED) is 0.756. The minimum atomic E-state index is -0.329. The van der Waals surface area contributed by atoms with Gasteiger partial charge < -0.3 is 14.6 Å². The molecule has 1 N–H and O–H groups in total. The van der Waals surface area contributed by atoms with E-state index in [9.17, 15) is 9.18 Å². The number of benzene rings is 2. The van der Waals surface area contributed by atoms with E-state index in [-0.39, 0.29) is 23.7 Å². The van der Waals surface area contributed by atoms with Gasteiger partial charge in [0.1, 0.15) is 11.8 Å². The molecule has 27 heavy (non-hydrogen) atoms. The number of H-pyrrole nitrogens is 1. The Morgan fingerprint density at radius 1 is 1.07 bits per heavy atom. The maximum atomic E-state index is 13.9. The van der Waals surface area contributed by atoms with E-state index in [1.54, 1.807) is 18.2 Å². The van der Waals surface area contributed by atoms with E-state index in [4.69, 9.17) is 4.74 Å². The monoisotopic (exact) mass is 364 g/mol. The highest BCUT2D eigenvalue weighted by molar-refractivity contribution is 5.98. The van der Waals surface area contributed by atoms with Crippen molar-refractivity contribution in [2.45, 2.75) is 18.9 Å². The van der Waals surface area contributed by atoms with Crippen molar-refractivity contribution in [1.82, 2.24) is 9.88 Å². The Bertz CT molecular complexity index is 966. The van der Waals surface area contributed by atoms with E-state index in [0.29, 0.717) is 23.9 Å². The first kappa shape index (κ1) is 16.4. The maximum Gasteiger partial charge on any atom is 0.270 e. The van der Waals surface area contributed by atoms with Gasteiger partial charge in [0.15, 0.2) is 11.6 Å². The van der Waals surface area contributed by atoms with Crippen LogP contribution in [0.25, 0.3) is 10.9 Å². The number of carbonyl (C=O) groups excluding carboxylic acids is 1. The van der Waals surface area contributed by atoms with Crippen LogP contribution in [0, 0.1) is 17.7 Å². The molecule has 0 radical (unpaired) electrons. The molecular formula is C22H21FN2O2. The fourth-order valence-corrected chi connectivity index (χ4v) is 4.59. The molecule has 0 unspecified atom stereocenters. The van der Waals surface area contributed by atoms with Crippen LogP contribution < -0.4 is 4.74 Å². The molecule has 2 aliphatic rings. The first-order valence-corrected chi connectivity index (χ1v) is 9.47. The second-order valence-electron chi connectivity index (χ2n) is 7.57. The van der Waals surface area contributed by atoms with Crippen LogP contribution in [0.15, 0.2) is 54.6 Å². The highest BCUT2D eigenvalue weighted by Crippen LogP contribution is 2.41. The molecule has 1 aromatic heterocycles. The zero-order chi connectivity index (χ0) is 18.4. The molecule has 5 heteroatoms. The van der Waals surface area contributed by atoms with Crippen molar-refractivity contribution < 1.29 is 13.9 Å². The van der Waals surface area contributed by atoms with Crippen LogP contribution in [0.4, 0.5) is 4.39 Å². The number of aromatic amines is 1. The molecule has 2 aromatic carbocycles. The van der Waals surface area contributed by atoms with Crippen LogP contribution in [0.5, 0.6) is 5.75 Å². The standard InChI is InChI=1S/C22H21FN2O2/c23-17-6-2-4-8-21(17)27-20-10-9-15-12-25(13-16(15)20)22(26)19-11-14-5-1-3-7-18(14)24-19/h1-8,11,15-16,20,24H,9-10,12-13H2/t15-,16+,20-/m0/s1. The summed E-state index contributed by atoms with van der Waals surface area (Å²) in [5.74, 6) is 0.701. The summed E-state index contributed by atoms with van der Waals surface area (Å²) in [6.45, 7) is 1.41. The van der Waals surface area contributed by atoms with Crippen LogP contribution in [-0.2, 0) is 0 Å². The molecule has 3 aromatic rings. The fourth-order valence-electron chi connectivity index (χ4n) is 4.59. The average molecular weight is 364 g/mol. The van der Waals surface area contributed by atoms with Crippen molar-refractivity contribution >= 4 is 16.8 Å². The highest BCUT2D eigenvalue weighted by Gasteiger charge is 2.45. The third kappa shape index (κ3) is 2.87. The number of nitrogens with zero attached hydrogens (tertiary/aromatic N) is 1. The number of para-hydroxylation sites is 2. The number of aromatic nitrogens is 1. The predicted octanol–water partition coefficient (Wildman–Crippen LogP) is 4.24. The molecular weight excluding hydrogens is 343 g/mol. The molecule has 1 saturated heterocycles. The van der Waals surface area contributed by atoms with Crippen LogP contribution in [-0.4, -0.2) is 35.0 Å². The molecule has 1 amide bonds. The van der Waals surface area contributed by atoms with Gasteiger partial charge in [0, 0.05) is 29.9 Å². The molecule has 4 nitrogen and oxygen atoms in total. The van der Waals surface area contributed by atoms with Gasteiger partial charge in [-0.15, -0.1) is 0 Å². The number of amides is 1. The van der Waals surface area contributed by atoms with Crippen molar-refractivity contribution in [2.24, 2.45) is 11.8 Å². The summed E-state index contributed by atoms with van der Waals surface area (Å²) in [6, 6.07) is 16.4. The number of fused-ring (bicyclic) bond motifs is 2. The van der Waals surface area contributed by atoms with Crippen molar-refractivity contribution in [3.63, 3.8) is 0 Å². The van der Waals surface area contributed by atoms with Crippen molar-refractivity contribution in [3.8, 4) is 5.75 Å². The van der Waals surface area contributed by atoms with E-state index in [1.165, 1.54) is 6.07 Å². The van der Waals surface area contributed by atoms with Crippen LogP contribution in [0.3, 0.4) is 0 Å².